The minimum Gasteiger partial charge on any atom is -0.381 e. The van der Waals surface area contributed by atoms with Crippen LogP contribution in [-0.2, 0) is 10.2 Å². The maximum absolute atomic E-state index is 13.5. The van der Waals surface area contributed by atoms with E-state index in [1.165, 1.54) is 6.07 Å². The van der Waals surface area contributed by atoms with Crippen LogP contribution in [0.4, 0.5) is 4.39 Å². The van der Waals surface area contributed by atoms with Gasteiger partial charge in [-0.05, 0) is 31.0 Å². The molecule has 1 aliphatic rings. The first-order chi connectivity index (χ1) is 11.5. The third-order valence-corrected chi connectivity index (χ3v) is 4.65. The number of guanidine groups is 1. The van der Waals surface area contributed by atoms with E-state index in [-0.39, 0.29) is 11.2 Å². The normalized spacial score (nSPS) is 19.0. The summed E-state index contributed by atoms with van der Waals surface area (Å²) in [6.45, 7) is 10.5. The van der Waals surface area contributed by atoms with E-state index in [1.807, 2.05) is 20.0 Å². The van der Waals surface area contributed by atoms with Crippen LogP contribution in [0.1, 0.15) is 32.8 Å². The number of hydrogen-bond acceptors (Lipinski definition) is 2. The Morgan fingerprint density at radius 1 is 1.46 bits per heavy atom. The topological polar surface area (TPSA) is 36.9 Å². The first-order valence-corrected chi connectivity index (χ1v) is 8.75. The monoisotopic (exact) mass is 335 g/mol. The summed E-state index contributed by atoms with van der Waals surface area (Å²) in [7, 11) is 1.81. The van der Waals surface area contributed by atoms with Gasteiger partial charge in [-0.15, -0.1) is 0 Å². The number of nitrogens with one attached hydrogen (secondary N) is 1. The lowest BCUT2D eigenvalue weighted by molar-refractivity contribution is 0.114. The molecule has 1 aliphatic heterocycles. The smallest absolute Gasteiger partial charge is 0.193 e. The molecule has 1 atom stereocenters. The van der Waals surface area contributed by atoms with Gasteiger partial charge >= 0.3 is 0 Å². The fourth-order valence-corrected chi connectivity index (χ4v) is 3.09. The molecule has 4 nitrogen and oxygen atoms in total. The maximum atomic E-state index is 13.5. The van der Waals surface area contributed by atoms with Gasteiger partial charge in [-0.2, -0.15) is 0 Å². The summed E-state index contributed by atoms with van der Waals surface area (Å²) in [5.74, 6) is 1.29. The second-order valence-corrected chi connectivity index (χ2v) is 7.06. The van der Waals surface area contributed by atoms with Crippen LogP contribution in [0.3, 0.4) is 0 Å². The predicted molar refractivity (Wildman–Crippen MR) is 97.0 cm³/mol. The molecular weight excluding hydrogens is 305 g/mol. The average molecular weight is 335 g/mol. The minimum atomic E-state index is -0.191. The molecule has 1 unspecified atom stereocenters. The number of benzene rings is 1. The summed E-state index contributed by atoms with van der Waals surface area (Å²) in [4.78, 5) is 6.70. The molecule has 1 heterocycles. The molecule has 0 amide bonds. The largest absolute Gasteiger partial charge is 0.381 e. The van der Waals surface area contributed by atoms with Crippen molar-refractivity contribution in [2.24, 2.45) is 10.9 Å². The van der Waals surface area contributed by atoms with E-state index < -0.39 is 0 Å². The first-order valence-electron chi connectivity index (χ1n) is 8.75. The Kier molecular flexibility index (Phi) is 6.60. The van der Waals surface area contributed by atoms with Crippen molar-refractivity contribution in [3.8, 4) is 0 Å². The van der Waals surface area contributed by atoms with Crippen LogP contribution in [0, 0.1) is 11.7 Å². The Bertz CT molecular complexity index is 559. The molecule has 5 heteroatoms. The van der Waals surface area contributed by atoms with Crippen molar-refractivity contribution in [2.45, 2.75) is 32.6 Å². The summed E-state index contributed by atoms with van der Waals surface area (Å²) < 4.78 is 19.0. The number of halogens is 1. The van der Waals surface area contributed by atoms with Crippen molar-refractivity contribution in [1.82, 2.24) is 10.2 Å². The summed E-state index contributed by atoms with van der Waals surface area (Å²) in [6, 6.07) is 6.83. The van der Waals surface area contributed by atoms with E-state index in [2.05, 4.69) is 29.1 Å². The third-order valence-electron chi connectivity index (χ3n) is 4.65. The standard InChI is InChI=1S/C19H30FN3O/c1-5-24-13-15-9-10-23(12-15)18(21-4)22-14-19(2,3)16-7-6-8-17(20)11-16/h6-8,11,15H,5,9-10,12-14H2,1-4H3,(H,21,22). The van der Waals surface area contributed by atoms with Crippen LogP contribution in [0.5, 0.6) is 0 Å². The highest BCUT2D eigenvalue weighted by Gasteiger charge is 2.27. The van der Waals surface area contributed by atoms with Gasteiger partial charge in [0, 0.05) is 44.6 Å². The van der Waals surface area contributed by atoms with Crippen molar-refractivity contribution in [3.05, 3.63) is 35.6 Å². The maximum Gasteiger partial charge on any atom is 0.193 e. The number of aliphatic imine (C=N–C) groups is 1. The van der Waals surface area contributed by atoms with Crippen LogP contribution in [-0.4, -0.2) is 50.8 Å². The second kappa shape index (κ2) is 8.47. The predicted octanol–water partition coefficient (Wildman–Crippen LogP) is 3.04. The van der Waals surface area contributed by atoms with Crippen molar-refractivity contribution in [2.75, 3.05) is 39.9 Å². The zero-order valence-corrected chi connectivity index (χ0v) is 15.3. The van der Waals surface area contributed by atoms with E-state index in [1.54, 1.807) is 12.1 Å². The molecule has 1 fully saturated rings. The Balaban J connectivity index is 1.92. The fraction of sp³-hybridized carbons (Fsp3) is 0.632. The van der Waals surface area contributed by atoms with Crippen molar-refractivity contribution in [1.29, 1.82) is 0 Å². The van der Waals surface area contributed by atoms with E-state index >= 15 is 0 Å². The molecule has 1 aromatic rings. The summed E-state index contributed by atoms with van der Waals surface area (Å²) in [6.07, 6.45) is 1.13. The van der Waals surface area contributed by atoms with E-state index in [9.17, 15) is 4.39 Å². The minimum absolute atomic E-state index is 0.178. The summed E-state index contributed by atoms with van der Waals surface area (Å²) >= 11 is 0. The zero-order chi connectivity index (χ0) is 17.6. The Labute approximate surface area is 145 Å². The Morgan fingerprint density at radius 3 is 2.92 bits per heavy atom. The van der Waals surface area contributed by atoms with Crippen molar-refractivity contribution in [3.63, 3.8) is 0 Å². The van der Waals surface area contributed by atoms with Gasteiger partial charge in [0.15, 0.2) is 5.96 Å². The summed E-state index contributed by atoms with van der Waals surface area (Å²) in [5.41, 5.74) is 0.809. The van der Waals surface area contributed by atoms with Gasteiger partial charge in [-0.25, -0.2) is 4.39 Å². The molecule has 1 aromatic carbocycles. The van der Waals surface area contributed by atoms with Crippen LogP contribution >= 0.6 is 0 Å². The average Bonchev–Trinajstić information content (AvgIpc) is 3.02. The summed E-state index contributed by atoms with van der Waals surface area (Å²) in [5, 5.41) is 3.46. The molecule has 0 spiro atoms. The Hall–Kier alpha value is -1.62. The highest BCUT2D eigenvalue weighted by Crippen LogP contribution is 2.23. The van der Waals surface area contributed by atoms with Crippen LogP contribution in [0.25, 0.3) is 0 Å². The SMILES string of the molecule is CCOCC1CCN(C(=NC)NCC(C)(C)c2cccc(F)c2)C1. The molecule has 1 N–H and O–H groups in total. The van der Waals surface area contributed by atoms with Crippen LogP contribution in [0.15, 0.2) is 29.3 Å². The molecule has 134 valence electrons. The molecule has 1 saturated heterocycles. The molecule has 0 saturated carbocycles. The molecule has 0 bridgehead atoms. The molecule has 0 aromatic heterocycles. The van der Waals surface area contributed by atoms with Gasteiger partial charge in [0.1, 0.15) is 5.82 Å². The Morgan fingerprint density at radius 2 is 2.25 bits per heavy atom. The van der Waals surface area contributed by atoms with Crippen LogP contribution < -0.4 is 5.32 Å². The zero-order valence-electron chi connectivity index (χ0n) is 15.3. The van der Waals surface area contributed by atoms with Crippen molar-refractivity contribution >= 4 is 5.96 Å². The number of hydrogen-bond donors (Lipinski definition) is 1. The molecular formula is C19H30FN3O. The first kappa shape index (κ1) is 18.7. The molecule has 0 aliphatic carbocycles. The molecule has 2 rings (SSSR count). The second-order valence-electron chi connectivity index (χ2n) is 7.06. The number of nitrogens with zero attached hydrogens (tertiary/aromatic N) is 2. The van der Waals surface area contributed by atoms with E-state index in [4.69, 9.17) is 4.74 Å². The van der Waals surface area contributed by atoms with Gasteiger partial charge in [0.2, 0.25) is 0 Å². The van der Waals surface area contributed by atoms with Crippen molar-refractivity contribution < 1.29 is 9.13 Å². The highest BCUT2D eigenvalue weighted by atomic mass is 19.1. The number of rotatable bonds is 6. The lowest BCUT2D eigenvalue weighted by Gasteiger charge is -2.29. The van der Waals surface area contributed by atoms with Crippen LogP contribution in [0.2, 0.25) is 0 Å². The lowest BCUT2D eigenvalue weighted by atomic mass is 9.84. The van der Waals surface area contributed by atoms with Gasteiger partial charge < -0.3 is 15.0 Å². The number of ether oxygens (including phenoxy) is 1. The van der Waals surface area contributed by atoms with Gasteiger partial charge in [-0.1, -0.05) is 26.0 Å². The van der Waals surface area contributed by atoms with Gasteiger partial charge in [-0.3, -0.25) is 4.99 Å². The highest BCUT2D eigenvalue weighted by molar-refractivity contribution is 5.80. The van der Waals surface area contributed by atoms with Gasteiger partial charge in [0.05, 0.1) is 6.61 Å². The number of likely N-dealkylation sites (tertiary alicyclic amines) is 1. The third kappa shape index (κ3) is 4.94. The fourth-order valence-electron chi connectivity index (χ4n) is 3.09. The quantitative estimate of drug-likeness (QED) is 0.641. The molecule has 24 heavy (non-hydrogen) atoms. The lowest BCUT2D eigenvalue weighted by Crippen LogP contribution is -2.45. The molecule has 0 radical (unpaired) electrons. The van der Waals surface area contributed by atoms with E-state index in [0.717, 1.165) is 44.2 Å². The van der Waals surface area contributed by atoms with E-state index in [0.29, 0.717) is 12.5 Å². The van der Waals surface area contributed by atoms with Gasteiger partial charge in [0.25, 0.3) is 0 Å².